The van der Waals surface area contributed by atoms with Gasteiger partial charge in [0.2, 0.25) is 5.91 Å². The largest absolute Gasteiger partial charge is 0.417 e. The Morgan fingerprint density at radius 2 is 1.74 bits per heavy atom. The van der Waals surface area contributed by atoms with Gasteiger partial charge in [0.25, 0.3) is 10.0 Å². The van der Waals surface area contributed by atoms with Crippen LogP contribution < -0.4 is 9.62 Å². The molecule has 0 radical (unpaired) electrons. The van der Waals surface area contributed by atoms with Crippen molar-refractivity contribution in [3.05, 3.63) is 94.3 Å². The minimum atomic E-state index is -4.82. The molecule has 3 rings (SSSR count). The highest BCUT2D eigenvalue weighted by atomic mass is 35.5. The van der Waals surface area contributed by atoms with Gasteiger partial charge in [0.1, 0.15) is 12.4 Å². The van der Waals surface area contributed by atoms with E-state index in [9.17, 15) is 30.8 Å². The van der Waals surface area contributed by atoms with Crippen LogP contribution in [0, 0.1) is 12.7 Å². The maximum Gasteiger partial charge on any atom is 0.417 e. The number of anilines is 1. The smallest absolute Gasteiger partial charge is 0.354 e. The Kier molecular flexibility index (Phi) is 10.1. The number of hydrogen-bond acceptors (Lipinski definition) is 4. The van der Waals surface area contributed by atoms with Crippen LogP contribution in [0.1, 0.15) is 23.1 Å². The molecule has 3 aromatic rings. The first-order chi connectivity index (χ1) is 17.9. The highest BCUT2D eigenvalue weighted by molar-refractivity contribution is 7.98. The number of thioether (sulfide) groups is 1. The quantitative estimate of drug-likeness (QED) is 0.207. The number of nitrogens with one attached hydrogen (secondary N) is 1. The van der Waals surface area contributed by atoms with Crippen molar-refractivity contribution in [2.24, 2.45) is 0 Å². The Labute approximate surface area is 228 Å². The van der Waals surface area contributed by atoms with E-state index in [4.69, 9.17) is 11.6 Å². The van der Waals surface area contributed by atoms with Gasteiger partial charge in [-0.1, -0.05) is 47.5 Å². The molecule has 38 heavy (non-hydrogen) atoms. The summed E-state index contributed by atoms with van der Waals surface area (Å²) in [5, 5.41) is 2.01. The van der Waals surface area contributed by atoms with E-state index in [0.29, 0.717) is 33.9 Å². The average Bonchev–Trinajstić information content (AvgIpc) is 2.85. The summed E-state index contributed by atoms with van der Waals surface area (Å²) in [5.41, 5.74) is -0.211. The Morgan fingerprint density at radius 1 is 1.05 bits per heavy atom. The molecule has 0 atom stereocenters. The van der Waals surface area contributed by atoms with Crippen LogP contribution in [-0.2, 0) is 26.7 Å². The van der Waals surface area contributed by atoms with E-state index in [0.717, 1.165) is 17.7 Å². The second-order valence-electron chi connectivity index (χ2n) is 8.33. The third-order valence-corrected chi connectivity index (χ3v) is 8.65. The standard InChI is InChI=1S/C26H25ClF4N2O3S2/c1-18-7-10-21(11-8-18)38(35,36)33(20-9-12-23(27)22(15-20)26(29,30)31)16-25(34)32-13-4-14-37-17-19-5-2-3-6-24(19)28/h2-3,5-12,15H,4,13-14,16-17H2,1H3,(H,32,34). The fourth-order valence-electron chi connectivity index (χ4n) is 3.42. The van der Waals surface area contributed by atoms with Crippen molar-refractivity contribution in [3.63, 3.8) is 0 Å². The molecule has 0 aliphatic carbocycles. The number of rotatable bonds is 11. The third-order valence-electron chi connectivity index (χ3n) is 5.44. The van der Waals surface area contributed by atoms with Gasteiger partial charge in [-0.15, -0.1) is 0 Å². The maximum atomic E-state index is 13.7. The molecule has 3 aromatic carbocycles. The second kappa shape index (κ2) is 12.9. The number of carbonyl (C=O) groups is 1. The number of nitrogens with zero attached hydrogens (tertiary/aromatic N) is 1. The van der Waals surface area contributed by atoms with Crippen molar-refractivity contribution in [2.45, 2.75) is 30.2 Å². The average molecular weight is 589 g/mol. The molecule has 0 saturated heterocycles. The molecular weight excluding hydrogens is 564 g/mol. The van der Waals surface area contributed by atoms with Crippen LogP contribution in [0.25, 0.3) is 0 Å². The molecule has 1 amide bonds. The van der Waals surface area contributed by atoms with Gasteiger partial charge in [-0.25, -0.2) is 12.8 Å². The lowest BCUT2D eigenvalue weighted by Crippen LogP contribution is -2.41. The summed E-state index contributed by atoms with van der Waals surface area (Å²) in [6.45, 7) is 1.22. The number of alkyl halides is 3. The predicted molar refractivity (Wildman–Crippen MR) is 142 cm³/mol. The summed E-state index contributed by atoms with van der Waals surface area (Å²) >= 11 is 7.18. The van der Waals surface area contributed by atoms with E-state index in [2.05, 4.69) is 5.32 Å². The van der Waals surface area contributed by atoms with Gasteiger partial charge in [0, 0.05) is 12.3 Å². The fourth-order valence-corrected chi connectivity index (χ4v) is 6.01. The number of amides is 1. The summed E-state index contributed by atoms with van der Waals surface area (Å²) < 4.78 is 81.5. The fraction of sp³-hybridized carbons (Fsp3) is 0.269. The molecule has 0 spiro atoms. The number of hydrogen-bond donors (Lipinski definition) is 1. The Bertz CT molecular complexity index is 1370. The van der Waals surface area contributed by atoms with Crippen molar-refractivity contribution >= 4 is 45.0 Å². The zero-order chi connectivity index (χ0) is 27.9. The SMILES string of the molecule is Cc1ccc(S(=O)(=O)N(CC(=O)NCCCSCc2ccccc2F)c2ccc(Cl)c(C(F)(F)F)c2)cc1. The van der Waals surface area contributed by atoms with E-state index in [1.807, 2.05) is 0 Å². The topological polar surface area (TPSA) is 66.5 Å². The summed E-state index contributed by atoms with van der Waals surface area (Å²) in [7, 11) is -4.39. The molecule has 5 nitrogen and oxygen atoms in total. The van der Waals surface area contributed by atoms with Crippen LogP contribution in [0.4, 0.5) is 23.2 Å². The van der Waals surface area contributed by atoms with Gasteiger partial charge in [-0.3, -0.25) is 9.10 Å². The minimum Gasteiger partial charge on any atom is -0.354 e. The van der Waals surface area contributed by atoms with Gasteiger partial charge in [0.15, 0.2) is 0 Å². The molecule has 0 aromatic heterocycles. The van der Waals surface area contributed by atoms with Crippen molar-refractivity contribution in [1.82, 2.24) is 5.32 Å². The number of aryl methyl sites for hydroxylation is 1. The molecule has 0 unspecified atom stereocenters. The molecule has 0 saturated carbocycles. The van der Waals surface area contributed by atoms with Crippen LogP contribution in [0.3, 0.4) is 0 Å². The van der Waals surface area contributed by atoms with E-state index in [1.54, 1.807) is 37.3 Å². The molecule has 0 aliphatic heterocycles. The van der Waals surface area contributed by atoms with Crippen molar-refractivity contribution in [3.8, 4) is 0 Å². The van der Waals surface area contributed by atoms with Crippen molar-refractivity contribution in [1.29, 1.82) is 0 Å². The van der Waals surface area contributed by atoms with E-state index >= 15 is 0 Å². The molecule has 0 aliphatic rings. The zero-order valence-electron chi connectivity index (χ0n) is 20.3. The molecular formula is C26H25ClF4N2O3S2. The van der Waals surface area contributed by atoms with Gasteiger partial charge in [0.05, 0.1) is 21.2 Å². The maximum absolute atomic E-state index is 13.7. The monoisotopic (exact) mass is 588 g/mol. The van der Waals surface area contributed by atoms with Crippen LogP contribution in [0.2, 0.25) is 5.02 Å². The number of carbonyl (C=O) groups excluding carboxylic acids is 1. The molecule has 0 heterocycles. The first-order valence-corrected chi connectivity index (χ1v) is 14.4. The van der Waals surface area contributed by atoms with Gasteiger partial charge >= 0.3 is 6.18 Å². The van der Waals surface area contributed by atoms with Crippen LogP contribution >= 0.6 is 23.4 Å². The van der Waals surface area contributed by atoms with Crippen molar-refractivity contribution in [2.75, 3.05) is 23.1 Å². The van der Waals surface area contributed by atoms with Gasteiger partial charge in [-0.05, 0) is 61.1 Å². The first kappa shape index (κ1) is 29.8. The number of halogens is 5. The van der Waals surface area contributed by atoms with Gasteiger partial charge < -0.3 is 5.32 Å². The summed E-state index contributed by atoms with van der Waals surface area (Å²) in [6.07, 6.45) is -4.30. The predicted octanol–water partition coefficient (Wildman–Crippen LogP) is 6.44. The lowest BCUT2D eigenvalue weighted by atomic mass is 10.2. The highest BCUT2D eigenvalue weighted by Crippen LogP contribution is 2.38. The summed E-state index contributed by atoms with van der Waals surface area (Å²) in [4.78, 5) is 12.5. The van der Waals surface area contributed by atoms with Crippen LogP contribution in [0.5, 0.6) is 0 Å². The Morgan fingerprint density at radius 3 is 2.39 bits per heavy atom. The molecule has 1 N–H and O–H groups in total. The summed E-state index contributed by atoms with van der Waals surface area (Å²) in [6, 6.07) is 14.8. The Hall–Kier alpha value is -2.76. The highest BCUT2D eigenvalue weighted by Gasteiger charge is 2.35. The molecule has 0 bridgehead atoms. The second-order valence-corrected chi connectivity index (χ2v) is 11.7. The first-order valence-electron chi connectivity index (χ1n) is 11.4. The molecule has 204 valence electrons. The minimum absolute atomic E-state index is 0.177. The van der Waals surface area contributed by atoms with Crippen molar-refractivity contribution < 1.29 is 30.8 Å². The van der Waals surface area contributed by atoms with Crippen LogP contribution in [-0.4, -0.2) is 33.2 Å². The lowest BCUT2D eigenvalue weighted by molar-refractivity contribution is -0.137. The Balaban J connectivity index is 1.71. The molecule has 12 heteroatoms. The normalized spacial score (nSPS) is 11.8. The number of sulfonamides is 1. The lowest BCUT2D eigenvalue weighted by Gasteiger charge is -2.25. The summed E-state index contributed by atoms with van der Waals surface area (Å²) in [5.74, 6) is 0.0790. The van der Waals surface area contributed by atoms with E-state index in [1.165, 1.54) is 30.0 Å². The van der Waals surface area contributed by atoms with Crippen LogP contribution in [0.15, 0.2) is 71.6 Å². The van der Waals surface area contributed by atoms with E-state index in [-0.39, 0.29) is 22.9 Å². The number of benzene rings is 3. The zero-order valence-corrected chi connectivity index (χ0v) is 22.7. The van der Waals surface area contributed by atoms with Gasteiger partial charge in [-0.2, -0.15) is 24.9 Å². The van der Waals surface area contributed by atoms with E-state index < -0.39 is 39.2 Å². The molecule has 0 fully saturated rings. The third kappa shape index (κ3) is 7.87.